The Morgan fingerprint density at radius 2 is 1.68 bits per heavy atom. The molecule has 0 saturated carbocycles. The fourth-order valence-corrected chi connectivity index (χ4v) is 4.69. The highest BCUT2D eigenvalue weighted by Gasteiger charge is 2.44. The quantitative estimate of drug-likeness (QED) is 0.404. The van der Waals surface area contributed by atoms with Crippen molar-refractivity contribution in [2.75, 3.05) is 24.3 Å². The number of alkyl halides is 3. The number of sulfone groups is 1. The number of carbonyl (C=O) groups excluding carboxylic acids is 1. The van der Waals surface area contributed by atoms with E-state index in [-0.39, 0.29) is 41.8 Å². The van der Waals surface area contributed by atoms with Gasteiger partial charge < -0.3 is 14.8 Å². The van der Waals surface area contributed by atoms with Gasteiger partial charge in [0.1, 0.15) is 11.6 Å². The molecule has 0 aliphatic carbocycles. The van der Waals surface area contributed by atoms with Crippen LogP contribution in [0, 0.1) is 5.82 Å². The van der Waals surface area contributed by atoms with Gasteiger partial charge in [0.25, 0.3) is 0 Å². The first-order valence-corrected chi connectivity index (χ1v) is 12.9. The first-order valence-electron chi connectivity index (χ1n) is 11.3. The first-order chi connectivity index (χ1) is 17.4. The average Bonchev–Trinajstić information content (AvgIpc) is 2.82. The molecule has 1 N–H and O–H groups in total. The highest BCUT2D eigenvalue weighted by atomic mass is 32.2. The van der Waals surface area contributed by atoms with Gasteiger partial charge in [-0.15, -0.1) is 0 Å². The van der Waals surface area contributed by atoms with E-state index < -0.39 is 33.0 Å². The minimum atomic E-state index is -4.80. The van der Waals surface area contributed by atoms with Gasteiger partial charge in [0, 0.05) is 11.3 Å². The third-order valence-electron chi connectivity index (χ3n) is 5.95. The largest absolute Gasteiger partial charge is 0.478 e. The van der Waals surface area contributed by atoms with E-state index in [1.54, 1.807) is 43.3 Å². The summed E-state index contributed by atoms with van der Waals surface area (Å²) in [6.07, 6.45) is -4.77. The molecule has 0 spiro atoms. The summed E-state index contributed by atoms with van der Waals surface area (Å²) in [5.74, 6) is -1.36. The number of carbonyl (C=O) groups is 1. The van der Waals surface area contributed by atoms with E-state index in [0.29, 0.717) is 23.1 Å². The van der Waals surface area contributed by atoms with Crippen LogP contribution in [0.5, 0.6) is 5.75 Å². The van der Waals surface area contributed by atoms with Gasteiger partial charge in [-0.2, -0.15) is 13.2 Å². The molecule has 1 amide bonds. The molecule has 196 valence electrons. The summed E-state index contributed by atoms with van der Waals surface area (Å²) in [5.41, 5.74) is -1.15. The monoisotopic (exact) mass is 537 g/mol. The number of nitrogens with one attached hydrogen (secondary N) is 1. The maximum Gasteiger partial charge on any atom is 0.419 e. The molecule has 4 rings (SSSR count). The Kier molecular flexibility index (Phi) is 7.29. The van der Waals surface area contributed by atoms with E-state index in [2.05, 4.69) is 5.32 Å². The number of halogens is 4. The number of hydrogen-bond donors (Lipinski definition) is 1. The van der Waals surface area contributed by atoms with Gasteiger partial charge in [-0.25, -0.2) is 12.8 Å². The maximum absolute atomic E-state index is 14.1. The molecule has 1 saturated heterocycles. The van der Waals surface area contributed by atoms with Crippen LogP contribution in [0.2, 0.25) is 0 Å². The van der Waals surface area contributed by atoms with Crippen LogP contribution in [0.25, 0.3) is 0 Å². The van der Waals surface area contributed by atoms with Crippen LogP contribution in [0.15, 0.2) is 71.6 Å². The third kappa shape index (κ3) is 5.94. The van der Waals surface area contributed by atoms with Crippen LogP contribution in [0.3, 0.4) is 0 Å². The number of amides is 1. The molecule has 1 fully saturated rings. The lowest BCUT2D eigenvalue weighted by molar-refractivity contribution is -0.168. The maximum atomic E-state index is 14.1. The zero-order chi connectivity index (χ0) is 26.8. The second-order valence-electron chi connectivity index (χ2n) is 8.58. The topological polar surface area (TPSA) is 81.7 Å². The summed E-state index contributed by atoms with van der Waals surface area (Å²) >= 11 is 0. The predicted octanol–water partition coefficient (Wildman–Crippen LogP) is 5.12. The van der Waals surface area contributed by atoms with Crippen molar-refractivity contribution in [1.29, 1.82) is 0 Å². The molecule has 0 bridgehead atoms. The summed E-state index contributed by atoms with van der Waals surface area (Å²) in [7, 11) is -3.32. The number of hydrogen-bond acceptors (Lipinski definition) is 5. The normalized spacial score (nSPS) is 15.1. The van der Waals surface area contributed by atoms with Crippen molar-refractivity contribution in [2.24, 2.45) is 0 Å². The van der Waals surface area contributed by atoms with Gasteiger partial charge in [-0.3, -0.25) is 4.79 Å². The Morgan fingerprint density at radius 1 is 1.03 bits per heavy atom. The van der Waals surface area contributed by atoms with Crippen LogP contribution < -0.4 is 10.1 Å². The van der Waals surface area contributed by atoms with Crippen LogP contribution in [0.4, 0.5) is 23.2 Å². The van der Waals surface area contributed by atoms with Gasteiger partial charge in [0.15, 0.2) is 15.4 Å². The van der Waals surface area contributed by atoms with Gasteiger partial charge in [0.2, 0.25) is 5.91 Å². The highest BCUT2D eigenvalue weighted by Crippen LogP contribution is 2.38. The Hall–Kier alpha value is -3.44. The standard InChI is InChI=1S/C26H23F4NO5S/c1-2-37(33,34)21-10-3-17(4-11-21)13-24(32)31-19-6-8-20(9-7-19)36-25(15-35-16-25)18-5-12-22(23(27)14-18)26(28,29)30/h3-12,14H,2,13,15-16H2,1H3,(H,31,32). The van der Waals surface area contributed by atoms with Crippen LogP contribution in [-0.4, -0.2) is 33.3 Å². The zero-order valence-corrected chi connectivity index (χ0v) is 20.5. The second kappa shape index (κ2) is 10.1. The number of rotatable bonds is 8. The minimum Gasteiger partial charge on any atom is -0.478 e. The first kappa shape index (κ1) is 26.6. The van der Waals surface area contributed by atoms with E-state index >= 15 is 0 Å². The molecule has 0 atom stereocenters. The molecule has 0 aromatic heterocycles. The smallest absolute Gasteiger partial charge is 0.419 e. The number of benzene rings is 3. The van der Waals surface area contributed by atoms with Crippen molar-refractivity contribution in [1.82, 2.24) is 0 Å². The summed E-state index contributed by atoms with van der Waals surface area (Å²) in [4.78, 5) is 12.6. The molecule has 6 nitrogen and oxygen atoms in total. The molecular formula is C26H23F4NO5S. The Labute approximate surface area is 211 Å². The van der Waals surface area contributed by atoms with Crippen molar-refractivity contribution in [2.45, 2.75) is 30.0 Å². The van der Waals surface area contributed by atoms with Crippen molar-refractivity contribution >= 4 is 21.4 Å². The van der Waals surface area contributed by atoms with E-state index in [1.165, 1.54) is 18.2 Å². The van der Waals surface area contributed by atoms with E-state index in [4.69, 9.17) is 9.47 Å². The lowest BCUT2D eigenvalue weighted by Gasteiger charge is -2.41. The molecule has 0 unspecified atom stereocenters. The minimum absolute atomic E-state index is 0.0120. The molecule has 3 aromatic carbocycles. The molecule has 11 heteroatoms. The molecule has 0 radical (unpaired) electrons. The van der Waals surface area contributed by atoms with Gasteiger partial charge in [-0.05, 0) is 54.1 Å². The molecule has 37 heavy (non-hydrogen) atoms. The van der Waals surface area contributed by atoms with E-state index in [1.807, 2.05) is 0 Å². The molecule has 1 heterocycles. The second-order valence-corrected chi connectivity index (χ2v) is 10.9. The van der Waals surface area contributed by atoms with Crippen molar-refractivity contribution in [3.05, 3.63) is 89.2 Å². The fourth-order valence-electron chi connectivity index (χ4n) is 3.80. The summed E-state index contributed by atoms with van der Waals surface area (Å²) < 4.78 is 87.8. The summed E-state index contributed by atoms with van der Waals surface area (Å²) in [5, 5.41) is 2.73. The lowest BCUT2D eigenvalue weighted by Crippen LogP contribution is -2.51. The van der Waals surface area contributed by atoms with Crippen LogP contribution in [0.1, 0.15) is 23.6 Å². The molecule has 1 aliphatic rings. The van der Waals surface area contributed by atoms with Gasteiger partial charge in [-0.1, -0.05) is 25.1 Å². The number of anilines is 1. The van der Waals surface area contributed by atoms with E-state index in [9.17, 15) is 30.8 Å². The Balaban J connectivity index is 1.39. The van der Waals surface area contributed by atoms with Crippen molar-refractivity contribution < 1.29 is 40.2 Å². The summed E-state index contributed by atoms with van der Waals surface area (Å²) in [6, 6.07) is 15.1. The van der Waals surface area contributed by atoms with Crippen molar-refractivity contribution in [3.63, 3.8) is 0 Å². The van der Waals surface area contributed by atoms with E-state index in [0.717, 1.165) is 6.07 Å². The fraction of sp³-hybridized carbons (Fsp3) is 0.269. The summed E-state index contributed by atoms with van der Waals surface area (Å²) in [6.45, 7) is 1.63. The Morgan fingerprint density at radius 3 is 2.19 bits per heavy atom. The van der Waals surface area contributed by atoms with Gasteiger partial charge >= 0.3 is 6.18 Å². The zero-order valence-electron chi connectivity index (χ0n) is 19.6. The van der Waals surface area contributed by atoms with Gasteiger partial charge in [0.05, 0.1) is 35.8 Å². The third-order valence-corrected chi connectivity index (χ3v) is 7.70. The average molecular weight is 538 g/mol. The molecule has 1 aliphatic heterocycles. The SMILES string of the molecule is CCS(=O)(=O)c1ccc(CC(=O)Nc2ccc(OC3(c4ccc(C(F)(F)F)c(F)c4)COC3)cc2)cc1. The number of ether oxygens (including phenoxy) is 2. The molecule has 3 aromatic rings. The predicted molar refractivity (Wildman–Crippen MR) is 127 cm³/mol. The molecular weight excluding hydrogens is 514 g/mol. The van der Waals surface area contributed by atoms with Crippen molar-refractivity contribution in [3.8, 4) is 5.75 Å². The lowest BCUT2D eigenvalue weighted by atomic mass is 9.90. The van der Waals surface area contributed by atoms with Crippen LogP contribution >= 0.6 is 0 Å². The van der Waals surface area contributed by atoms with Crippen LogP contribution in [-0.2, 0) is 37.6 Å². The Bertz CT molecular complexity index is 1380. The highest BCUT2D eigenvalue weighted by molar-refractivity contribution is 7.91.